The van der Waals surface area contributed by atoms with Gasteiger partial charge in [0.1, 0.15) is 0 Å². The molecule has 0 bridgehead atoms. The first-order valence-electron chi connectivity index (χ1n) is 13.9. The quantitative estimate of drug-likeness (QED) is 0.219. The Morgan fingerprint density at radius 3 is 2.62 bits per heavy atom. The molecular weight excluding hydrogens is 484 g/mol. The van der Waals surface area contributed by atoms with Gasteiger partial charge in [0.25, 0.3) is 5.91 Å². The normalized spacial score (nSPS) is 14.1. The van der Waals surface area contributed by atoms with Crippen molar-refractivity contribution < 1.29 is 4.79 Å². The summed E-state index contributed by atoms with van der Waals surface area (Å²) in [5, 5.41) is 11.2. The molecule has 0 aliphatic carbocycles. The van der Waals surface area contributed by atoms with Crippen molar-refractivity contribution in [3.05, 3.63) is 96.4 Å². The fourth-order valence-electron chi connectivity index (χ4n) is 5.38. The van der Waals surface area contributed by atoms with E-state index in [4.69, 9.17) is 4.98 Å². The summed E-state index contributed by atoms with van der Waals surface area (Å²) in [6, 6.07) is 23.9. The molecule has 2 N–H and O–H groups in total. The lowest BCUT2D eigenvalue weighted by Gasteiger charge is -2.26. The minimum absolute atomic E-state index is 0.180. The topological polar surface area (TPSA) is 78.8 Å². The molecule has 39 heavy (non-hydrogen) atoms. The minimum Gasteiger partial charge on any atom is -0.303 e. The molecule has 1 fully saturated rings. The number of carbonyl (C=O) groups excluding carboxylic acids is 1. The van der Waals surface area contributed by atoms with E-state index >= 15 is 0 Å². The maximum atomic E-state index is 13.4. The third kappa shape index (κ3) is 5.94. The summed E-state index contributed by atoms with van der Waals surface area (Å²) in [7, 11) is 0. The second kappa shape index (κ2) is 11.7. The zero-order valence-corrected chi connectivity index (χ0v) is 22.1. The van der Waals surface area contributed by atoms with Crippen LogP contribution in [0.4, 0.5) is 5.95 Å². The van der Waals surface area contributed by atoms with Crippen molar-refractivity contribution in [1.29, 1.82) is 0 Å². The van der Waals surface area contributed by atoms with Crippen LogP contribution in [0.3, 0.4) is 0 Å². The second-order valence-corrected chi connectivity index (χ2v) is 10.3. The number of aromatic nitrogens is 4. The molecule has 1 aliphatic heterocycles. The molecule has 0 saturated carbocycles. The number of fused-ring (bicyclic) bond motifs is 1. The second-order valence-electron chi connectivity index (χ2n) is 10.3. The molecule has 198 valence electrons. The molecule has 0 atom stereocenters. The number of carbonyl (C=O) groups is 1. The van der Waals surface area contributed by atoms with Crippen molar-refractivity contribution in [2.24, 2.45) is 0 Å². The van der Waals surface area contributed by atoms with Crippen molar-refractivity contribution in [3.8, 4) is 16.8 Å². The molecule has 7 nitrogen and oxygen atoms in total. The Labute approximate surface area is 228 Å². The molecule has 3 heterocycles. The molecule has 0 radical (unpaired) electrons. The molecule has 0 unspecified atom stereocenters. The molecule has 1 aliphatic rings. The van der Waals surface area contributed by atoms with Crippen LogP contribution in [-0.4, -0.2) is 50.2 Å². The van der Waals surface area contributed by atoms with Crippen molar-refractivity contribution in [3.63, 3.8) is 0 Å². The number of aryl methyl sites for hydroxylation is 1. The number of hydrogen-bond donors (Lipinski definition) is 2. The van der Waals surface area contributed by atoms with E-state index in [2.05, 4.69) is 32.7 Å². The van der Waals surface area contributed by atoms with Gasteiger partial charge in [-0.3, -0.25) is 19.8 Å². The minimum atomic E-state index is -0.180. The highest BCUT2D eigenvalue weighted by Gasteiger charge is 2.15. The predicted molar refractivity (Wildman–Crippen MR) is 156 cm³/mol. The molecule has 0 spiro atoms. The Morgan fingerprint density at radius 2 is 1.74 bits per heavy atom. The van der Waals surface area contributed by atoms with Gasteiger partial charge in [-0.15, -0.1) is 0 Å². The number of H-pyrrole nitrogens is 1. The molecule has 6 rings (SSSR count). The van der Waals surface area contributed by atoms with Gasteiger partial charge >= 0.3 is 0 Å². The Balaban J connectivity index is 1.18. The van der Waals surface area contributed by atoms with Crippen molar-refractivity contribution in [2.45, 2.75) is 38.5 Å². The summed E-state index contributed by atoms with van der Waals surface area (Å²) in [6.45, 7) is 3.63. The van der Waals surface area contributed by atoms with Gasteiger partial charge in [-0.1, -0.05) is 42.8 Å². The monoisotopic (exact) mass is 518 g/mol. The van der Waals surface area contributed by atoms with E-state index in [0.717, 1.165) is 59.2 Å². The number of amides is 1. The van der Waals surface area contributed by atoms with Gasteiger partial charge in [0, 0.05) is 22.8 Å². The highest BCUT2D eigenvalue weighted by atomic mass is 16.1. The van der Waals surface area contributed by atoms with Crippen LogP contribution in [0.1, 0.15) is 48.2 Å². The number of imidazole rings is 1. The van der Waals surface area contributed by atoms with Gasteiger partial charge in [0.05, 0.1) is 17.4 Å². The highest BCUT2D eigenvalue weighted by Crippen LogP contribution is 2.25. The van der Waals surface area contributed by atoms with Crippen molar-refractivity contribution in [1.82, 2.24) is 24.6 Å². The van der Waals surface area contributed by atoms with Crippen LogP contribution in [-0.2, 0) is 6.42 Å². The summed E-state index contributed by atoms with van der Waals surface area (Å²) < 4.78 is 1.98. The Morgan fingerprint density at radius 1 is 0.897 bits per heavy atom. The zero-order chi connectivity index (χ0) is 26.4. The first kappa shape index (κ1) is 25.1. The Hall–Kier alpha value is -4.23. The van der Waals surface area contributed by atoms with E-state index in [1.54, 1.807) is 0 Å². The van der Waals surface area contributed by atoms with E-state index in [-0.39, 0.29) is 5.91 Å². The molecule has 1 amide bonds. The zero-order valence-electron chi connectivity index (χ0n) is 22.1. The average molecular weight is 519 g/mol. The van der Waals surface area contributed by atoms with Crippen LogP contribution in [0.5, 0.6) is 0 Å². The smallest absolute Gasteiger partial charge is 0.258 e. The summed E-state index contributed by atoms with van der Waals surface area (Å²) in [5.41, 5.74) is 5.56. The average Bonchev–Trinajstić information content (AvgIpc) is 3.63. The standard InChI is InChI=1S/C32H34N6O/c39-31(26-11-9-10-24(20-26)25-15-16-30-27(21-25)22-33-36-30)35-32-34-28(23-38(32)29-13-3-1-4-14-29)12-5-8-19-37-17-6-2-7-18-37/h1,3-4,9-11,13-16,20-23H,2,5-8,12,17-19H2,(H,33,36)(H,34,35,39). The highest BCUT2D eigenvalue weighted by molar-refractivity contribution is 6.04. The third-order valence-corrected chi connectivity index (χ3v) is 7.52. The van der Waals surface area contributed by atoms with Crippen molar-refractivity contribution in [2.75, 3.05) is 25.0 Å². The SMILES string of the molecule is O=C(Nc1nc(CCCCN2CCCCC2)cn1-c1ccccc1)c1cccc(-c2ccc3[nH]ncc3c2)c1. The van der Waals surface area contributed by atoms with Gasteiger partial charge in [-0.05, 0) is 99.3 Å². The van der Waals surface area contributed by atoms with Gasteiger partial charge in [0.15, 0.2) is 0 Å². The van der Waals surface area contributed by atoms with Gasteiger partial charge in [-0.25, -0.2) is 4.98 Å². The Kier molecular flexibility index (Phi) is 7.50. The first-order chi connectivity index (χ1) is 19.2. The number of benzene rings is 3. The number of para-hydroxylation sites is 1. The van der Waals surface area contributed by atoms with E-state index in [1.165, 1.54) is 32.4 Å². The van der Waals surface area contributed by atoms with Crippen LogP contribution in [0.2, 0.25) is 0 Å². The number of piperidine rings is 1. The van der Waals surface area contributed by atoms with Crippen LogP contribution in [0.25, 0.3) is 27.7 Å². The lowest BCUT2D eigenvalue weighted by molar-refractivity contribution is 0.102. The summed E-state index contributed by atoms with van der Waals surface area (Å²) in [5.74, 6) is 0.364. The molecule has 7 heteroatoms. The molecular formula is C32H34N6O. The van der Waals surface area contributed by atoms with Crippen LogP contribution < -0.4 is 5.32 Å². The maximum Gasteiger partial charge on any atom is 0.258 e. The first-order valence-corrected chi connectivity index (χ1v) is 13.9. The van der Waals surface area contributed by atoms with Crippen molar-refractivity contribution >= 4 is 22.8 Å². The van der Waals surface area contributed by atoms with E-state index < -0.39 is 0 Å². The van der Waals surface area contributed by atoms with Gasteiger partial charge in [0.2, 0.25) is 5.95 Å². The molecule has 2 aromatic heterocycles. The summed E-state index contributed by atoms with van der Waals surface area (Å²) in [6.07, 6.45) is 11.0. The summed E-state index contributed by atoms with van der Waals surface area (Å²) >= 11 is 0. The molecule has 5 aromatic rings. The number of nitrogens with one attached hydrogen (secondary N) is 2. The fraction of sp³-hybridized carbons (Fsp3) is 0.281. The number of aromatic amines is 1. The van der Waals surface area contributed by atoms with E-state index in [1.807, 2.05) is 77.5 Å². The van der Waals surface area contributed by atoms with Crippen LogP contribution in [0.15, 0.2) is 85.2 Å². The van der Waals surface area contributed by atoms with Gasteiger partial charge in [-0.2, -0.15) is 5.10 Å². The number of rotatable bonds is 9. The Bertz CT molecular complexity index is 1550. The molecule has 1 saturated heterocycles. The van der Waals surface area contributed by atoms with Gasteiger partial charge < -0.3 is 4.90 Å². The number of hydrogen-bond acceptors (Lipinski definition) is 4. The molecule has 3 aromatic carbocycles. The largest absolute Gasteiger partial charge is 0.303 e. The number of anilines is 1. The lowest BCUT2D eigenvalue weighted by atomic mass is 10.0. The van der Waals surface area contributed by atoms with E-state index in [0.29, 0.717) is 11.5 Å². The number of likely N-dealkylation sites (tertiary alicyclic amines) is 1. The number of nitrogens with zero attached hydrogens (tertiary/aromatic N) is 4. The maximum absolute atomic E-state index is 13.4. The fourth-order valence-corrected chi connectivity index (χ4v) is 5.38. The predicted octanol–water partition coefficient (Wildman–Crippen LogP) is 6.48. The van der Waals surface area contributed by atoms with Crippen LogP contribution in [0, 0.1) is 0 Å². The third-order valence-electron chi connectivity index (χ3n) is 7.52. The van der Waals surface area contributed by atoms with Crippen LogP contribution >= 0.6 is 0 Å². The lowest BCUT2D eigenvalue weighted by Crippen LogP contribution is -2.30. The number of unbranched alkanes of at least 4 members (excludes halogenated alkanes) is 1. The summed E-state index contributed by atoms with van der Waals surface area (Å²) in [4.78, 5) is 20.8. The van der Waals surface area contributed by atoms with E-state index in [9.17, 15) is 4.79 Å².